The van der Waals surface area contributed by atoms with Gasteiger partial charge >= 0.3 is 12.1 Å². The molecule has 2 aromatic heterocycles. The number of nitrogens with zero attached hydrogens (tertiary/aromatic N) is 1. The fourth-order valence-corrected chi connectivity index (χ4v) is 1.66. The van der Waals surface area contributed by atoms with Gasteiger partial charge in [-0.1, -0.05) is 0 Å². The summed E-state index contributed by atoms with van der Waals surface area (Å²) in [5.74, 6) is -0.616. The number of carbonyl (C=O) groups is 1. The highest BCUT2D eigenvalue weighted by Crippen LogP contribution is 2.28. The summed E-state index contributed by atoms with van der Waals surface area (Å²) >= 11 is 0. The Kier molecular flexibility index (Phi) is 3.47. The van der Waals surface area contributed by atoms with Crippen LogP contribution in [0.5, 0.6) is 0 Å². The number of hydrogen-bond acceptors (Lipinski definition) is 4. The van der Waals surface area contributed by atoms with Gasteiger partial charge in [0.25, 0.3) is 5.56 Å². The molecule has 5 nitrogen and oxygen atoms in total. The Hall–Kier alpha value is -2.38. The maximum atomic E-state index is 12.5. The van der Waals surface area contributed by atoms with Gasteiger partial charge in [0.05, 0.1) is 19.0 Å². The molecule has 2 heterocycles. The summed E-state index contributed by atoms with van der Waals surface area (Å²) in [7, 11) is 1.18. The molecule has 0 fully saturated rings. The first-order valence-corrected chi connectivity index (χ1v) is 5.47. The van der Waals surface area contributed by atoms with Crippen LogP contribution in [-0.2, 0) is 22.1 Å². The van der Waals surface area contributed by atoms with Crippen molar-refractivity contribution in [1.82, 2.24) is 9.97 Å². The molecular weight excluding hydrogens is 277 g/mol. The first kappa shape index (κ1) is 14.0. The molecule has 0 atom stereocenters. The van der Waals surface area contributed by atoms with E-state index in [1.54, 1.807) is 0 Å². The zero-order valence-electron chi connectivity index (χ0n) is 10.2. The number of methoxy groups -OCH3 is 1. The van der Waals surface area contributed by atoms with Crippen molar-refractivity contribution in [3.05, 3.63) is 39.9 Å². The lowest BCUT2D eigenvalue weighted by molar-refractivity contribution is -0.141. The number of halogens is 3. The number of pyridine rings is 2. The molecule has 0 bridgehead atoms. The number of fused-ring (bicyclic) bond motifs is 1. The monoisotopic (exact) mass is 286 g/mol. The number of carbonyl (C=O) groups excluding carboxylic acids is 1. The first-order chi connectivity index (χ1) is 9.31. The van der Waals surface area contributed by atoms with Crippen LogP contribution in [0.1, 0.15) is 11.3 Å². The van der Waals surface area contributed by atoms with Crippen LogP contribution < -0.4 is 5.56 Å². The number of hydrogen-bond donors (Lipinski definition) is 1. The molecule has 2 rings (SSSR count). The summed E-state index contributed by atoms with van der Waals surface area (Å²) < 4.78 is 41.9. The molecule has 0 aromatic carbocycles. The predicted molar refractivity (Wildman–Crippen MR) is 63.1 cm³/mol. The average Bonchev–Trinajstić information content (AvgIpc) is 2.37. The molecule has 1 N–H and O–H groups in total. The van der Waals surface area contributed by atoms with Gasteiger partial charge in [-0.15, -0.1) is 0 Å². The van der Waals surface area contributed by atoms with Crippen molar-refractivity contribution in [2.45, 2.75) is 12.6 Å². The quantitative estimate of drug-likeness (QED) is 0.852. The molecule has 0 spiro atoms. The number of ether oxygens (including phenoxy) is 1. The number of H-pyrrole nitrogens is 1. The Balaban J connectivity index is 2.51. The van der Waals surface area contributed by atoms with E-state index in [1.807, 2.05) is 0 Å². The molecule has 0 saturated carbocycles. The molecule has 8 heteroatoms. The lowest BCUT2D eigenvalue weighted by atomic mass is 10.1. The first-order valence-electron chi connectivity index (χ1n) is 5.47. The molecule has 0 unspecified atom stereocenters. The van der Waals surface area contributed by atoms with Crippen LogP contribution in [0.2, 0.25) is 0 Å². The SMILES string of the molecule is COC(=O)Cc1cc2cnc(C(F)(F)F)cc2[nH]c1=O. The summed E-state index contributed by atoms with van der Waals surface area (Å²) in [5.41, 5.74) is -1.62. The van der Waals surface area contributed by atoms with Crippen molar-refractivity contribution in [3.8, 4) is 0 Å². The third-order valence-corrected chi connectivity index (χ3v) is 2.66. The summed E-state index contributed by atoms with van der Waals surface area (Å²) in [5, 5.41) is 0.302. The van der Waals surface area contributed by atoms with Crippen LogP contribution in [0.15, 0.2) is 23.1 Å². The van der Waals surface area contributed by atoms with Crippen LogP contribution >= 0.6 is 0 Å². The van der Waals surface area contributed by atoms with Gasteiger partial charge < -0.3 is 9.72 Å². The predicted octanol–water partition coefficient (Wildman–Crippen LogP) is 1.66. The van der Waals surface area contributed by atoms with E-state index in [2.05, 4.69) is 14.7 Å². The molecule has 20 heavy (non-hydrogen) atoms. The van der Waals surface area contributed by atoms with Crippen LogP contribution in [0, 0.1) is 0 Å². The highest BCUT2D eigenvalue weighted by atomic mass is 19.4. The van der Waals surface area contributed by atoms with Crippen molar-refractivity contribution in [3.63, 3.8) is 0 Å². The third kappa shape index (κ3) is 2.79. The van der Waals surface area contributed by atoms with Gasteiger partial charge in [-0.3, -0.25) is 14.6 Å². The molecule has 0 aliphatic carbocycles. The van der Waals surface area contributed by atoms with Gasteiger partial charge in [-0.2, -0.15) is 13.2 Å². The Bertz CT molecular complexity index is 722. The molecule has 2 aromatic rings. The number of aromatic nitrogens is 2. The maximum Gasteiger partial charge on any atom is 0.433 e. The fraction of sp³-hybridized carbons (Fsp3) is 0.250. The van der Waals surface area contributed by atoms with Crippen LogP contribution in [-0.4, -0.2) is 23.0 Å². The molecule has 0 amide bonds. The maximum absolute atomic E-state index is 12.5. The molecule has 0 aliphatic rings. The summed E-state index contributed by atoms with van der Waals surface area (Å²) in [4.78, 5) is 28.4. The van der Waals surface area contributed by atoms with E-state index in [0.717, 1.165) is 12.3 Å². The lowest BCUT2D eigenvalue weighted by Gasteiger charge is -2.07. The Morgan fingerprint density at radius 1 is 1.40 bits per heavy atom. The van der Waals surface area contributed by atoms with Crippen molar-refractivity contribution in [2.75, 3.05) is 7.11 Å². The van der Waals surface area contributed by atoms with E-state index in [0.29, 0.717) is 5.39 Å². The van der Waals surface area contributed by atoms with Crippen molar-refractivity contribution in [1.29, 1.82) is 0 Å². The highest BCUT2D eigenvalue weighted by molar-refractivity contribution is 5.80. The molecule has 0 radical (unpaired) electrons. The van der Waals surface area contributed by atoms with Gasteiger partial charge in [-0.05, 0) is 12.1 Å². The minimum absolute atomic E-state index is 0.00550. The zero-order chi connectivity index (χ0) is 14.9. The minimum atomic E-state index is -4.59. The van der Waals surface area contributed by atoms with Gasteiger partial charge in [-0.25, -0.2) is 0 Å². The molecule has 106 valence electrons. The second-order valence-electron chi connectivity index (χ2n) is 4.03. The smallest absolute Gasteiger partial charge is 0.433 e. The Morgan fingerprint density at radius 3 is 2.70 bits per heavy atom. The van der Waals surface area contributed by atoms with Crippen molar-refractivity contribution < 1.29 is 22.7 Å². The van der Waals surface area contributed by atoms with Gasteiger partial charge in [0.2, 0.25) is 0 Å². The van der Waals surface area contributed by atoms with Gasteiger partial charge in [0.15, 0.2) is 0 Å². The number of rotatable bonds is 2. The van der Waals surface area contributed by atoms with Crippen LogP contribution in [0.25, 0.3) is 10.9 Å². The van der Waals surface area contributed by atoms with E-state index in [1.165, 1.54) is 13.2 Å². The third-order valence-electron chi connectivity index (χ3n) is 2.66. The lowest BCUT2D eigenvalue weighted by Crippen LogP contribution is -2.17. The topological polar surface area (TPSA) is 72.0 Å². The number of esters is 1. The Morgan fingerprint density at radius 2 is 2.10 bits per heavy atom. The summed E-state index contributed by atoms with van der Waals surface area (Å²) in [6.45, 7) is 0. The van der Waals surface area contributed by atoms with Crippen LogP contribution in [0.3, 0.4) is 0 Å². The Labute approximate surface area is 110 Å². The molecular formula is C12H9F3N2O3. The van der Waals surface area contributed by atoms with Gasteiger partial charge in [0.1, 0.15) is 5.69 Å². The van der Waals surface area contributed by atoms with E-state index in [4.69, 9.17) is 0 Å². The summed E-state index contributed by atoms with van der Waals surface area (Å²) in [6, 6.07) is 2.07. The largest absolute Gasteiger partial charge is 0.469 e. The van der Waals surface area contributed by atoms with Crippen molar-refractivity contribution in [2.24, 2.45) is 0 Å². The van der Waals surface area contributed by atoms with Crippen LogP contribution in [0.4, 0.5) is 13.2 Å². The second kappa shape index (κ2) is 4.95. The average molecular weight is 286 g/mol. The number of alkyl halides is 3. The number of aromatic amines is 1. The normalized spacial score (nSPS) is 11.6. The number of nitrogens with one attached hydrogen (secondary N) is 1. The van der Waals surface area contributed by atoms with E-state index in [-0.39, 0.29) is 17.5 Å². The van der Waals surface area contributed by atoms with Gasteiger partial charge in [0, 0.05) is 17.1 Å². The van der Waals surface area contributed by atoms with E-state index in [9.17, 15) is 22.8 Å². The molecule has 0 saturated heterocycles. The van der Waals surface area contributed by atoms with E-state index < -0.39 is 23.4 Å². The van der Waals surface area contributed by atoms with E-state index >= 15 is 0 Å². The second-order valence-corrected chi connectivity index (χ2v) is 4.03. The zero-order valence-corrected chi connectivity index (χ0v) is 10.2. The minimum Gasteiger partial charge on any atom is -0.469 e. The molecule has 0 aliphatic heterocycles. The highest BCUT2D eigenvalue weighted by Gasteiger charge is 2.32. The summed E-state index contributed by atoms with van der Waals surface area (Å²) in [6.07, 6.45) is -3.85. The fourth-order valence-electron chi connectivity index (χ4n) is 1.66. The van der Waals surface area contributed by atoms with Crippen molar-refractivity contribution >= 4 is 16.9 Å². The standard InChI is InChI=1S/C12H9F3N2O3/c1-20-10(18)3-6-2-7-5-16-9(12(13,14)15)4-8(7)17-11(6)19/h2,4-5H,3H2,1H3,(H,17,19).